The maximum Gasteiger partial charge on any atom is 0.0715 e. The van der Waals surface area contributed by atoms with Crippen molar-refractivity contribution in [1.82, 2.24) is 0 Å². The van der Waals surface area contributed by atoms with Gasteiger partial charge in [-0.25, -0.2) is 0 Å². The van der Waals surface area contributed by atoms with Crippen LogP contribution in [0, 0.1) is 17.3 Å². The molecule has 2 saturated carbocycles. The van der Waals surface area contributed by atoms with Crippen molar-refractivity contribution in [2.75, 3.05) is 6.54 Å². The molecule has 1 atom stereocenters. The summed E-state index contributed by atoms with van der Waals surface area (Å²) in [5.41, 5.74) is 5.48. The van der Waals surface area contributed by atoms with Crippen LogP contribution >= 0.6 is 0 Å². The van der Waals surface area contributed by atoms with Crippen LogP contribution in [0.3, 0.4) is 0 Å². The first-order chi connectivity index (χ1) is 7.02. The van der Waals surface area contributed by atoms with Crippen LogP contribution in [0.1, 0.15) is 52.4 Å². The van der Waals surface area contributed by atoms with Crippen LogP contribution < -0.4 is 5.73 Å². The van der Waals surface area contributed by atoms with E-state index in [2.05, 4.69) is 6.92 Å². The van der Waals surface area contributed by atoms with E-state index in [0.29, 0.717) is 12.5 Å². The van der Waals surface area contributed by atoms with Gasteiger partial charge in [-0.05, 0) is 44.4 Å². The van der Waals surface area contributed by atoms with Crippen molar-refractivity contribution in [2.24, 2.45) is 23.0 Å². The third-order valence-electron chi connectivity index (χ3n) is 5.07. The molecular formula is C13H25NO. The Morgan fingerprint density at radius 2 is 1.80 bits per heavy atom. The van der Waals surface area contributed by atoms with Gasteiger partial charge in [0.2, 0.25) is 0 Å². The number of nitrogens with two attached hydrogens (primary N) is 1. The Kier molecular flexibility index (Phi) is 2.85. The van der Waals surface area contributed by atoms with Crippen LogP contribution in [0.2, 0.25) is 0 Å². The molecule has 2 rings (SSSR count). The predicted octanol–water partition coefficient (Wildman–Crippen LogP) is 2.30. The molecule has 0 amide bonds. The Morgan fingerprint density at radius 1 is 1.27 bits per heavy atom. The molecule has 2 heteroatoms. The van der Waals surface area contributed by atoms with Gasteiger partial charge in [-0.1, -0.05) is 19.8 Å². The Bertz CT molecular complexity index is 225. The molecule has 0 aromatic rings. The van der Waals surface area contributed by atoms with E-state index < -0.39 is 5.60 Å². The topological polar surface area (TPSA) is 46.2 Å². The second-order valence-electron chi connectivity index (χ2n) is 6.09. The van der Waals surface area contributed by atoms with Gasteiger partial charge < -0.3 is 10.8 Å². The van der Waals surface area contributed by atoms with E-state index in [1.807, 2.05) is 6.92 Å². The molecule has 15 heavy (non-hydrogen) atoms. The smallest absolute Gasteiger partial charge is 0.0715 e. The summed E-state index contributed by atoms with van der Waals surface area (Å²) in [6, 6.07) is 0. The molecule has 2 aliphatic carbocycles. The quantitative estimate of drug-likeness (QED) is 0.752. The van der Waals surface area contributed by atoms with Crippen molar-refractivity contribution in [1.29, 1.82) is 0 Å². The lowest BCUT2D eigenvalue weighted by Gasteiger charge is -2.49. The lowest BCUT2D eigenvalue weighted by Crippen LogP contribution is -2.53. The molecule has 0 radical (unpaired) electrons. The highest BCUT2D eigenvalue weighted by Gasteiger charge is 2.54. The minimum atomic E-state index is -0.512. The van der Waals surface area contributed by atoms with Crippen molar-refractivity contribution in [3.8, 4) is 0 Å². The van der Waals surface area contributed by atoms with Gasteiger partial charge >= 0.3 is 0 Å². The first-order valence-electron chi connectivity index (χ1n) is 6.44. The summed E-state index contributed by atoms with van der Waals surface area (Å²) in [7, 11) is 0. The highest BCUT2D eigenvalue weighted by Crippen LogP contribution is 2.54. The first kappa shape index (κ1) is 11.4. The van der Waals surface area contributed by atoms with Crippen LogP contribution in [0.5, 0.6) is 0 Å². The van der Waals surface area contributed by atoms with Gasteiger partial charge in [0.25, 0.3) is 0 Å². The lowest BCUT2D eigenvalue weighted by atomic mass is 9.60. The van der Waals surface area contributed by atoms with Gasteiger partial charge in [0.15, 0.2) is 0 Å². The number of rotatable bonds is 3. The molecule has 0 aromatic heterocycles. The number of aliphatic hydroxyl groups is 1. The molecular weight excluding hydrogens is 186 g/mol. The van der Waals surface area contributed by atoms with Crippen LogP contribution in [-0.4, -0.2) is 17.3 Å². The SMILES string of the molecule is CC1CCC(CN)(C(C)(O)C2CC2)CC1. The van der Waals surface area contributed by atoms with Crippen LogP contribution in [0.4, 0.5) is 0 Å². The standard InChI is InChI=1S/C13H25NO/c1-10-5-7-13(9-14,8-6-10)12(2,15)11-3-4-11/h10-11,15H,3-9,14H2,1-2H3. The van der Waals surface area contributed by atoms with Gasteiger partial charge in [0, 0.05) is 12.0 Å². The average molecular weight is 211 g/mol. The Hall–Kier alpha value is -0.0800. The molecule has 0 spiro atoms. The Balaban J connectivity index is 2.13. The maximum absolute atomic E-state index is 10.7. The molecule has 0 bridgehead atoms. The van der Waals surface area contributed by atoms with Crippen molar-refractivity contribution in [3.05, 3.63) is 0 Å². The number of hydrogen-bond donors (Lipinski definition) is 2. The molecule has 0 saturated heterocycles. The minimum Gasteiger partial charge on any atom is -0.389 e. The molecule has 2 aliphatic rings. The normalized spacial score (nSPS) is 41.2. The zero-order valence-electron chi connectivity index (χ0n) is 10.1. The van der Waals surface area contributed by atoms with E-state index in [-0.39, 0.29) is 5.41 Å². The molecule has 0 aromatic carbocycles. The van der Waals surface area contributed by atoms with Gasteiger partial charge in [0.05, 0.1) is 5.60 Å². The monoisotopic (exact) mass is 211 g/mol. The summed E-state index contributed by atoms with van der Waals surface area (Å²) in [6.07, 6.45) is 7.11. The van der Waals surface area contributed by atoms with Crippen LogP contribution in [0.25, 0.3) is 0 Å². The fourth-order valence-corrected chi connectivity index (χ4v) is 3.31. The summed E-state index contributed by atoms with van der Waals surface area (Å²) in [5.74, 6) is 1.34. The number of hydrogen-bond acceptors (Lipinski definition) is 2. The molecule has 3 N–H and O–H groups in total. The van der Waals surface area contributed by atoms with Crippen LogP contribution in [-0.2, 0) is 0 Å². The second kappa shape index (κ2) is 3.74. The minimum absolute atomic E-state index is 0.0146. The fourth-order valence-electron chi connectivity index (χ4n) is 3.31. The fraction of sp³-hybridized carbons (Fsp3) is 1.00. The second-order valence-corrected chi connectivity index (χ2v) is 6.09. The van der Waals surface area contributed by atoms with Crippen molar-refractivity contribution < 1.29 is 5.11 Å². The largest absolute Gasteiger partial charge is 0.389 e. The van der Waals surface area contributed by atoms with Crippen molar-refractivity contribution in [3.63, 3.8) is 0 Å². The highest BCUT2D eigenvalue weighted by atomic mass is 16.3. The average Bonchev–Trinajstić information content (AvgIpc) is 3.02. The molecule has 0 aliphatic heterocycles. The van der Waals surface area contributed by atoms with E-state index in [4.69, 9.17) is 5.73 Å². The lowest BCUT2D eigenvalue weighted by molar-refractivity contribution is -0.106. The third-order valence-corrected chi connectivity index (χ3v) is 5.07. The van der Waals surface area contributed by atoms with Crippen molar-refractivity contribution >= 4 is 0 Å². The first-order valence-corrected chi connectivity index (χ1v) is 6.44. The summed E-state index contributed by atoms with van der Waals surface area (Å²) in [6.45, 7) is 5.00. The zero-order chi connectivity index (χ0) is 11.1. The predicted molar refractivity (Wildman–Crippen MR) is 62.5 cm³/mol. The van der Waals surface area contributed by atoms with E-state index in [1.165, 1.54) is 25.7 Å². The van der Waals surface area contributed by atoms with E-state index in [9.17, 15) is 5.11 Å². The maximum atomic E-state index is 10.7. The van der Waals surface area contributed by atoms with Crippen LogP contribution in [0.15, 0.2) is 0 Å². The molecule has 88 valence electrons. The molecule has 2 fully saturated rings. The van der Waals surface area contributed by atoms with Gasteiger partial charge in [-0.15, -0.1) is 0 Å². The summed E-state index contributed by atoms with van der Waals surface area (Å²) in [5, 5.41) is 10.7. The molecule has 2 nitrogen and oxygen atoms in total. The Labute approximate surface area is 93.2 Å². The van der Waals surface area contributed by atoms with E-state index >= 15 is 0 Å². The Morgan fingerprint density at radius 3 is 2.20 bits per heavy atom. The van der Waals surface area contributed by atoms with E-state index in [1.54, 1.807) is 0 Å². The van der Waals surface area contributed by atoms with E-state index in [0.717, 1.165) is 18.8 Å². The van der Waals surface area contributed by atoms with Gasteiger partial charge in [-0.2, -0.15) is 0 Å². The summed E-state index contributed by atoms with van der Waals surface area (Å²) < 4.78 is 0. The summed E-state index contributed by atoms with van der Waals surface area (Å²) >= 11 is 0. The van der Waals surface area contributed by atoms with Gasteiger partial charge in [0.1, 0.15) is 0 Å². The summed E-state index contributed by atoms with van der Waals surface area (Å²) in [4.78, 5) is 0. The molecule has 0 heterocycles. The third kappa shape index (κ3) is 1.83. The van der Waals surface area contributed by atoms with Gasteiger partial charge in [-0.3, -0.25) is 0 Å². The zero-order valence-corrected chi connectivity index (χ0v) is 10.1. The highest BCUT2D eigenvalue weighted by molar-refractivity contribution is 5.06. The van der Waals surface area contributed by atoms with Crippen molar-refractivity contribution in [2.45, 2.75) is 58.0 Å². The molecule has 1 unspecified atom stereocenters.